The Hall–Kier alpha value is -4.19. The molecule has 196 valence electrons. The van der Waals surface area contributed by atoms with Gasteiger partial charge in [0, 0.05) is 31.3 Å². The number of piperazine rings is 1. The minimum absolute atomic E-state index is 0.169. The van der Waals surface area contributed by atoms with Crippen molar-refractivity contribution in [3.8, 4) is 17.8 Å². The van der Waals surface area contributed by atoms with E-state index < -0.39 is 6.67 Å². The number of carbonyl (C=O) groups excluding carboxylic acids is 1. The Morgan fingerprint density at radius 2 is 2.13 bits per heavy atom. The lowest BCUT2D eigenvalue weighted by atomic mass is 9.80. The van der Waals surface area contributed by atoms with Crippen LogP contribution in [0.3, 0.4) is 0 Å². The number of aromatic hydroxyl groups is 1. The SMILES string of the molecule is COc1nc2c(c(N3CCN(C(=O)/C=C/CF)C(CC#N)C3)n1)CCC(c1cc(O)cc3ccccc13)C2. The third-order valence-corrected chi connectivity index (χ3v) is 7.48. The first-order chi connectivity index (χ1) is 18.5. The van der Waals surface area contributed by atoms with E-state index in [9.17, 15) is 19.6 Å². The maximum Gasteiger partial charge on any atom is 0.318 e. The molecular weight excluding hydrogens is 485 g/mol. The van der Waals surface area contributed by atoms with Crippen LogP contribution >= 0.6 is 0 Å². The molecule has 3 aromatic rings. The summed E-state index contributed by atoms with van der Waals surface area (Å²) in [5.41, 5.74) is 3.07. The largest absolute Gasteiger partial charge is 0.508 e. The molecule has 1 N–H and O–H groups in total. The monoisotopic (exact) mass is 515 g/mol. The van der Waals surface area contributed by atoms with Crippen molar-refractivity contribution in [2.24, 2.45) is 0 Å². The lowest BCUT2D eigenvalue weighted by Gasteiger charge is -2.42. The Morgan fingerprint density at radius 1 is 1.29 bits per heavy atom. The summed E-state index contributed by atoms with van der Waals surface area (Å²) in [7, 11) is 1.54. The van der Waals surface area contributed by atoms with Gasteiger partial charge < -0.3 is 19.6 Å². The number of halogens is 1. The third-order valence-electron chi connectivity index (χ3n) is 7.48. The predicted molar refractivity (Wildman–Crippen MR) is 142 cm³/mol. The molecule has 0 radical (unpaired) electrons. The second kappa shape index (κ2) is 11.1. The number of hydrogen-bond donors (Lipinski definition) is 1. The van der Waals surface area contributed by atoms with Gasteiger partial charge in [0.05, 0.1) is 31.3 Å². The number of allylic oxidation sites excluding steroid dienone is 1. The van der Waals surface area contributed by atoms with Crippen molar-refractivity contribution in [3.63, 3.8) is 0 Å². The van der Waals surface area contributed by atoms with Gasteiger partial charge in [0.2, 0.25) is 5.91 Å². The molecule has 1 saturated heterocycles. The van der Waals surface area contributed by atoms with Crippen molar-refractivity contribution < 1.29 is 19.0 Å². The van der Waals surface area contributed by atoms with E-state index in [4.69, 9.17) is 14.7 Å². The fourth-order valence-corrected chi connectivity index (χ4v) is 5.71. The fraction of sp³-hybridized carbons (Fsp3) is 0.379. The van der Waals surface area contributed by atoms with Crippen molar-refractivity contribution in [1.29, 1.82) is 5.26 Å². The van der Waals surface area contributed by atoms with Gasteiger partial charge in [0.15, 0.2) is 0 Å². The molecule has 2 aromatic carbocycles. The average Bonchev–Trinajstić information content (AvgIpc) is 2.94. The summed E-state index contributed by atoms with van der Waals surface area (Å²) in [4.78, 5) is 25.8. The van der Waals surface area contributed by atoms with Crippen LogP contribution in [0.1, 0.15) is 35.6 Å². The molecule has 1 fully saturated rings. The summed E-state index contributed by atoms with van der Waals surface area (Å²) in [6.07, 6.45) is 4.91. The number of benzene rings is 2. The number of phenols is 1. The highest BCUT2D eigenvalue weighted by Gasteiger charge is 2.34. The Morgan fingerprint density at radius 3 is 2.92 bits per heavy atom. The first-order valence-electron chi connectivity index (χ1n) is 12.8. The van der Waals surface area contributed by atoms with Crippen LogP contribution in [0.15, 0.2) is 48.6 Å². The van der Waals surface area contributed by atoms with Gasteiger partial charge in [-0.1, -0.05) is 24.3 Å². The number of alkyl halides is 1. The number of phenolic OH excluding ortho intramolecular Hbond substituents is 1. The van der Waals surface area contributed by atoms with Crippen molar-refractivity contribution in [3.05, 3.63) is 65.4 Å². The van der Waals surface area contributed by atoms with Crippen molar-refractivity contribution in [2.75, 3.05) is 38.3 Å². The number of ether oxygens (including phenoxy) is 1. The number of rotatable bonds is 6. The molecule has 0 spiro atoms. The molecule has 1 aliphatic heterocycles. The van der Waals surface area contributed by atoms with Crippen LogP contribution in [-0.4, -0.2) is 65.3 Å². The summed E-state index contributed by atoms with van der Waals surface area (Å²) in [6.45, 7) is 0.669. The second-order valence-electron chi connectivity index (χ2n) is 9.71. The van der Waals surface area contributed by atoms with Crippen molar-refractivity contribution in [2.45, 2.75) is 37.6 Å². The normalized spacial score (nSPS) is 19.4. The third kappa shape index (κ3) is 4.99. The number of anilines is 1. The van der Waals surface area contributed by atoms with Crippen molar-refractivity contribution in [1.82, 2.24) is 14.9 Å². The van der Waals surface area contributed by atoms with Gasteiger partial charge in [0.25, 0.3) is 0 Å². The van der Waals surface area contributed by atoms with E-state index in [2.05, 4.69) is 17.0 Å². The summed E-state index contributed by atoms with van der Waals surface area (Å²) < 4.78 is 18.0. The highest BCUT2D eigenvalue weighted by atomic mass is 19.1. The van der Waals surface area contributed by atoms with Gasteiger partial charge in [-0.15, -0.1) is 0 Å². The van der Waals surface area contributed by atoms with E-state index in [0.29, 0.717) is 26.1 Å². The van der Waals surface area contributed by atoms with Gasteiger partial charge >= 0.3 is 6.01 Å². The van der Waals surface area contributed by atoms with Crippen LogP contribution in [0.25, 0.3) is 10.8 Å². The van der Waals surface area contributed by atoms with Gasteiger partial charge in [-0.05, 0) is 59.7 Å². The molecule has 1 amide bonds. The molecule has 38 heavy (non-hydrogen) atoms. The van der Waals surface area contributed by atoms with E-state index >= 15 is 0 Å². The minimum Gasteiger partial charge on any atom is -0.508 e. The second-order valence-corrected chi connectivity index (χ2v) is 9.71. The van der Waals surface area contributed by atoms with E-state index in [1.807, 2.05) is 24.3 Å². The Balaban J connectivity index is 1.45. The Kier molecular flexibility index (Phi) is 7.40. The molecular formula is C29H30FN5O3. The number of hydrogen-bond acceptors (Lipinski definition) is 7. The lowest BCUT2D eigenvalue weighted by Crippen LogP contribution is -2.55. The number of nitrogens with zero attached hydrogens (tertiary/aromatic N) is 5. The number of carbonyl (C=O) groups is 1. The average molecular weight is 516 g/mol. The van der Waals surface area contributed by atoms with Crippen LogP contribution in [0.5, 0.6) is 11.8 Å². The smallest absolute Gasteiger partial charge is 0.318 e. The Bertz CT molecular complexity index is 1420. The number of aromatic nitrogens is 2. The Labute approximate surface area is 221 Å². The maximum atomic E-state index is 12.6. The highest BCUT2D eigenvalue weighted by molar-refractivity contribution is 5.88. The number of methoxy groups -OCH3 is 1. The molecule has 2 heterocycles. The zero-order valence-electron chi connectivity index (χ0n) is 21.3. The van der Waals surface area contributed by atoms with Crippen LogP contribution in [0.4, 0.5) is 10.2 Å². The molecule has 2 atom stereocenters. The summed E-state index contributed by atoms with van der Waals surface area (Å²) in [6, 6.07) is 13.8. The quantitative estimate of drug-likeness (QED) is 0.494. The van der Waals surface area contributed by atoms with Crippen LogP contribution in [-0.2, 0) is 17.6 Å². The molecule has 9 heteroatoms. The maximum absolute atomic E-state index is 12.6. The molecule has 2 unspecified atom stereocenters. The van der Waals surface area contributed by atoms with Crippen LogP contribution in [0, 0.1) is 11.3 Å². The molecule has 0 bridgehead atoms. The van der Waals surface area contributed by atoms with E-state index in [0.717, 1.165) is 46.3 Å². The first-order valence-corrected chi connectivity index (χ1v) is 12.8. The molecule has 1 aliphatic carbocycles. The molecule has 1 aromatic heterocycles. The fourth-order valence-electron chi connectivity index (χ4n) is 5.71. The highest BCUT2D eigenvalue weighted by Crippen LogP contribution is 2.40. The number of amides is 1. The molecule has 0 saturated carbocycles. The zero-order valence-corrected chi connectivity index (χ0v) is 21.3. The van der Waals surface area contributed by atoms with Crippen LogP contribution < -0.4 is 9.64 Å². The molecule has 2 aliphatic rings. The van der Waals surface area contributed by atoms with E-state index in [1.165, 1.54) is 12.2 Å². The number of nitriles is 1. The van der Waals surface area contributed by atoms with E-state index in [1.54, 1.807) is 18.1 Å². The predicted octanol–water partition coefficient (Wildman–Crippen LogP) is 4.07. The van der Waals surface area contributed by atoms with Gasteiger partial charge in [-0.2, -0.15) is 15.2 Å². The first kappa shape index (κ1) is 25.5. The van der Waals surface area contributed by atoms with Gasteiger partial charge in [0.1, 0.15) is 18.2 Å². The van der Waals surface area contributed by atoms with Gasteiger partial charge in [-0.3, -0.25) is 4.79 Å². The minimum atomic E-state index is -0.707. The summed E-state index contributed by atoms with van der Waals surface area (Å²) >= 11 is 0. The standard InChI is InChI=1S/C29H30FN5O3/c1-38-29-32-26-16-20(25-17-22(36)15-19-5-2-3-6-23(19)25)8-9-24(26)28(33-29)34-13-14-35(21(18-34)10-12-31)27(37)7-4-11-30/h2-7,15,17,20-21,36H,8-11,13-14,16,18H2,1H3/b7-4+. The molecule has 8 nitrogen and oxygen atoms in total. The van der Waals surface area contributed by atoms with E-state index in [-0.39, 0.29) is 36.0 Å². The topological polar surface area (TPSA) is 103 Å². The molecule has 5 rings (SSSR count). The number of fused-ring (bicyclic) bond motifs is 2. The zero-order chi connectivity index (χ0) is 26.6. The van der Waals surface area contributed by atoms with Crippen LogP contribution in [0.2, 0.25) is 0 Å². The van der Waals surface area contributed by atoms with Crippen molar-refractivity contribution >= 4 is 22.5 Å². The lowest BCUT2D eigenvalue weighted by molar-refractivity contribution is -0.128. The summed E-state index contributed by atoms with van der Waals surface area (Å²) in [5, 5.41) is 21.9. The van der Waals surface area contributed by atoms with Gasteiger partial charge in [-0.25, -0.2) is 4.39 Å². The summed E-state index contributed by atoms with van der Waals surface area (Å²) in [5.74, 6) is 0.921.